The van der Waals surface area contributed by atoms with Crippen LogP contribution < -0.4 is 0 Å². The number of rotatable bonds is 3. The quantitative estimate of drug-likeness (QED) is 0.763. The van der Waals surface area contributed by atoms with Gasteiger partial charge in [0.25, 0.3) is 0 Å². The zero-order chi connectivity index (χ0) is 17.6. The lowest BCUT2D eigenvalue weighted by molar-refractivity contribution is -0.131. The molecule has 7 nitrogen and oxygen atoms in total. The van der Waals surface area contributed by atoms with Gasteiger partial charge >= 0.3 is 5.97 Å². The molecule has 0 saturated carbocycles. The van der Waals surface area contributed by atoms with E-state index in [1.807, 2.05) is 0 Å². The van der Waals surface area contributed by atoms with E-state index in [-0.39, 0.29) is 17.9 Å². The molecule has 4 rings (SSSR count). The fourth-order valence-corrected chi connectivity index (χ4v) is 3.33. The van der Waals surface area contributed by atoms with Crippen molar-refractivity contribution in [2.75, 3.05) is 6.54 Å². The molecule has 0 fully saturated rings. The van der Waals surface area contributed by atoms with Crippen molar-refractivity contribution in [1.82, 2.24) is 15.0 Å². The Balaban J connectivity index is 1.61. The summed E-state index contributed by atoms with van der Waals surface area (Å²) in [5, 5.41) is 13.9. The van der Waals surface area contributed by atoms with Gasteiger partial charge < -0.3 is 19.5 Å². The number of hydrogen-bond donors (Lipinski definition) is 2. The minimum Gasteiger partial charge on any atom is -0.478 e. The number of amides is 1. The Morgan fingerprint density at radius 2 is 2.20 bits per heavy atom. The smallest absolute Gasteiger partial charge is 0.335 e. The summed E-state index contributed by atoms with van der Waals surface area (Å²) in [7, 11) is 0. The molecular formula is C18H17N3O4. The highest BCUT2D eigenvalue weighted by Crippen LogP contribution is 2.29. The van der Waals surface area contributed by atoms with Gasteiger partial charge in [0.15, 0.2) is 0 Å². The fourth-order valence-electron chi connectivity index (χ4n) is 3.33. The number of aryl methyl sites for hydroxylation is 1. The molecule has 128 valence electrons. The molecular weight excluding hydrogens is 322 g/mol. The largest absolute Gasteiger partial charge is 0.478 e. The number of aromatic carboxylic acids is 1. The second-order valence-corrected chi connectivity index (χ2v) is 6.32. The third-order valence-corrected chi connectivity index (χ3v) is 4.58. The minimum atomic E-state index is -0.956. The number of carbonyl (C=O) groups is 2. The Labute approximate surface area is 143 Å². The lowest BCUT2D eigenvalue weighted by Gasteiger charge is -2.27. The average molecular weight is 339 g/mol. The van der Waals surface area contributed by atoms with E-state index in [0.29, 0.717) is 24.5 Å². The van der Waals surface area contributed by atoms with E-state index in [2.05, 4.69) is 10.1 Å². The van der Waals surface area contributed by atoms with E-state index in [1.165, 1.54) is 0 Å². The van der Waals surface area contributed by atoms with Crippen molar-refractivity contribution in [3.63, 3.8) is 0 Å². The fraction of sp³-hybridized carbons (Fsp3) is 0.278. The number of carbonyl (C=O) groups excluding carboxylic acids is 1. The van der Waals surface area contributed by atoms with Crippen LogP contribution >= 0.6 is 0 Å². The Morgan fingerprint density at radius 3 is 2.92 bits per heavy atom. The van der Waals surface area contributed by atoms with Crippen LogP contribution in [0, 0.1) is 6.92 Å². The Kier molecular flexibility index (Phi) is 3.56. The van der Waals surface area contributed by atoms with Gasteiger partial charge in [-0.15, -0.1) is 0 Å². The maximum absolute atomic E-state index is 12.6. The first-order valence-electron chi connectivity index (χ1n) is 8.08. The Morgan fingerprint density at radius 1 is 1.36 bits per heavy atom. The van der Waals surface area contributed by atoms with Gasteiger partial charge in [0.05, 0.1) is 17.7 Å². The summed E-state index contributed by atoms with van der Waals surface area (Å²) < 4.78 is 5.01. The van der Waals surface area contributed by atoms with E-state index < -0.39 is 5.97 Å². The van der Waals surface area contributed by atoms with Crippen LogP contribution in [0.25, 0.3) is 10.9 Å². The number of fused-ring (bicyclic) bond motifs is 3. The second kappa shape index (κ2) is 5.77. The van der Waals surface area contributed by atoms with Crippen molar-refractivity contribution in [1.29, 1.82) is 0 Å². The van der Waals surface area contributed by atoms with Crippen molar-refractivity contribution in [3.8, 4) is 0 Å². The summed E-state index contributed by atoms with van der Waals surface area (Å²) in [6.45, 7) is 2.88. The predicted octanol–water partition coefficient (Wildman–Crippen LogP) is 2.29. The van der Waals surface area contributed by atoms with E-state index in [1.54, 1.807) is 36.1 Å². The third-order valence-electron chi connectivity index (χ3n) is 4.58. The Hall–Kier alpha value is -3.09. The molecule has 1 amide bonds. The van der Waals surface area contributed by atoms with Crippen LogP contribution in [0.4, 0.5) is 0 Å². The van der Waals surface area contributed by atoms with Crippen molar-refractivity contribution in [2.45, 2.75) is 26.3 Å². The van der Waals surface area contributed by atoms with Crippen LogP contribution in [0.5, 0.6) is 0 Å². The van der Waals surface area contributed by atoms with Crippen molar-refractivity contribution >= 4 is 22.8 Å². The molecule has 3 heterocycles. The van der Waals surface area contributed by atoms with Crippen LogP contribution in [0.2, 0.25) is 0 Å². The highest BCUT2D eigenvalue weighted by atomic mass is 16.5. The highest BCUT2D eigenvalue weighted by Gasteiger charge is 2.25. The van der Waals surface area contributed by atoms with Crippen molar-refractivity contribution < 1.29 is 19.2 Å². The molecule has 3 aromatic rings. The first-order valence-corrected chi connectivity index (χ1v) is 8.08. The Bertz CT molecular complexity index is 986. The standard InChI is InChI=1S/C18H17N3O4/c1-10-6-12(20-25-10)8-17(22)21-5-4-16-14(9-21)13-7-11(18(23)24)2-3-15(13)19-16/h2-3,6-7,19H,4-5,8-9H2,1H3,(H,23,24). The molecule has 1 aliphatic rings. The van der Waals surface area contributed by atoms with E-state index in [9.17, 15) is 14.7 Å². The number of nitrogens with one attached hydrogen (secondary N) is 1. The molecule has 25 heavy (non-hydrogen) atoms. The van der Waals surface area contributed by atoms with Gasteiger partial charge in [-0.1, -0.05) is 5.16 Å². The van der Waals surface area contributed by atoms with Gasteiger partial charge in [0.2, 0.25) is 5.91 Å². The molecule has 0 bridgehead atoms. The highest BCUT2D eigenvalue weighted by molar-refractivity contribution is 5.95. The van der Waals surface area contributed by atoms with Crippen LogP contribution in [-0.2, 0) is 24.2 Å². The van der Waals surface area contributed by atoms with Gasteiger partial charge in [-0.3, -0.25) is 4.79 Å². The summed E-state index contributed by atoms with van der Waals surface area (Å²) >= 11 is 0. The number of nitrogens with zero attached hydrogens (tertiary/aromatic N) is 2. The zero-order valence-electron chi connectivity index (χ0n) is 13.7. The predicted molar refractivity (Wildman–Crippen MR) is 89.3 cm³/mol. The monoisotopic (exact) mass is 339 g/mol. The van der Waals surface area contributed by atoms with Gasteiger partial charge in [0, 0.05) is 47.7 Å². The molecule has 0 spiro atoms. The summed E-state index contributed by atoms with van der Waals surface area (Å²) in [6.07, 6.45) is 0.922. The molecule has 2 aromatic heterocycles. The van der Waals surface area contributed by atoms with Crippen molar-refractivity contribution in [3.05, 3.63) is 52.5 Å². The topological polar surface area (TPSA) is 99.4 Å². The minimum absolute atomic E-state index is 0.0114. The lowest BCUT2D eigenvalue weighted by atomic mass is 10.0. The molecule has 0 aliphatic carbocycles. The molecule has 0 atom stereocenters. The van der Waals surface area contributed by atoms with Crippen LogP contribution in [-0.4, -0.2) is 38.6 Å². The summed E-state index contributed by atoms with van der Waals surface area (Å²) in [4.78, 5) is 28.9. The second-order valence-electron chi connectivity index (χ2n) is 6.32. The third kappa shape index (κ3) is 2.77. The van der Waals surface area contributed by atoms with Gasteiger partial charge in [0.1, 0.15) is 5.76 Å². The lowest BCUT2D eigenvalue weighted by Crippen LogP contribution is -2.36. The molecule has 1 aromatic carbocycles. The molecule has 0 unspecified atom stereocenters. The van der Waals surface area contributed by atoms with Gasteiger partial charge in [-0.2, -0.15) is 0 Å². The van der Waals surface area contributed by atoms with Gasteiger partial charge in [-0.05, 0) is 25.1 Å². The number of carboxylic acid groups (broad SMARTS) is 1. The van der Waals surface area contributed by atoms with E-state index in [0.717, 1.165) is 28.6 Å². The summed E-state index contributed by atoms with van der Waals surface area (Å²) in [5.74, 6) is -0.286. The maximum atomic E-state index is 12.6. The van der Waals surface area contributed by atoms with Crippen LogP contribution in [0.3, 0.4) is 0 Å². The molecule has 0 saturated heterocycles. The van der Waals surface area contributed by atoms with Crippen LogP contribution in [0.15, 0.2) is 28.8 Å². The maximum Gasteiger partial charge on any atom is 0.335 e. The number of aromatic amines is 1. The average Bonchev–Trinajstić information content (AvgIpc) is 3.16. The summed E-state index contributed by atoms with van der Waals surface area (Å²) in [6, 6.07) is 6.80. The molecule has 0 radical (unpaired) electrons. The van der Waals surface area contributed by atoms with Gasteiger partial charge in [-0.25, -0.2) is 4.79 Å². The number of aromatic nitrogens is 2. The number of H-pyrrole nitrogens is 1. The van der Waals surface area contributed by atoms with E-state index >= 15 is 0 Å². The first kappa shape index (κ1) is 15.4. The molecule has 1 aliphatic heterocycles. The van der Waals surface area contributed by atoms with Crippen LogP contribution in [0.1, 0.15) is 33.1 Å². The first-order chi connectivity index (χ1) is 12.0. The molecule has 2 N–H and O–H groups in total. The number of benzene rings is 1. The molecule has 7 heteroatoms. The zero-order valence-corrected chi connectivity index (χ0v) is 13.7. The van der Waals surface area contributed by atoms with Crippen molar-refractivity contribution in [2.24, 2.45) is 0 Å². The number of carboxylic acids is 1. The normalized spacial score (nSPS) is 13.9. The number of hydrogen-bond acceptors (Lipinski definition) is 4. The summed E-state index contributed by atoms with van der Waals surface area (Å²) in [5.41, 5.74) is 3.83. The SMILES string of the molecule is Cc1cc(CC(=O)N2CCc3[nH]c4ccc(C(=O)O)cc4c3C2)no1. The van der Waals surface area contributed by atoms with E-state index in [4.69, 9.17) is 4.52 Å².